The first-order chi connectivity index (χ1) is 11.6. The second-order valence-electron chi connectivity index (χ2n) is 5.37. The summed E-state index contributed by atoms with van der Waals surface area (Å²) >= 11 is 6.05. The predicted octanol–water partition coefficient (Wildman–Crippen LogP) is 3.25. The first kappa shape index (κ1) is 18.3. The quantitative estimate of drug-likeness (QED) is 0.685. The molecule has 0 saturated heterocycles. The van der Waals surface area contributed by atoms with E-state index >= 15 is 0 Å². The summed E-state index contributed by atoms with van der Waals surface area (Å²) in [5.41, 5.74) is 8.14. The van der Waals surface area contributed by atoms with E-state index in [1.54, 1.807) is 12.1 Å². The van der Waals surface area contributed by atoms with Crippen LogP contribution in [0.5, 0.6) is 0 Å². The van der Waals surface area contributed by atoms with Gasteiger partial charge in [0.25, 0.3) is 0 Å². The summed E-state index contributed by atoms with van der Waals surface area (Å²) in [7, 11) is 1.54. The maximum Gasteiger partial charge on any atom is 0.227 e. The molecule has 0 aliphatic heterocycles. The van der Waals surface area contributed by atoms with Gasteiger partial charge in [-0.1, -0.05) is 41.9 Å². The van der Waals surface area contributed by atoms with Crippen LogP contribution in [0, 0.1) is 0 Å². The molecule has 0 aliphatic rings. The van der Waals surface area contributed by atoms with Crippen LogP contribution >= 0.6 is 11.6 Å². The number of nitrogens with one attached hydrogen (secondary N) is 2. The normalized spacial score (nSPS) is 11.8. The molecule has 0 bridgehead atoms. The topological polar surface area (TPSA) is 76.4 Å². The van der Waals surface area contributed by atoms with Crippen LogP contribution in [0.25, 0.3) is 0 Å². The number of anilines is 2. The van der Waals surface area contributed by atoms with Gasteiger partial charge in [0.2, 0.25) is 5.91 Å². The van der Waals surface area contributed by atoms with Crippen molar-refractivity contribution in [3.05, 3.63) is 59.1 Å². The number of carbonyl (C=O) groups excluding carboxylic acids is 1. The van der Waals surface area contributed by atoms with Crippen molar-refractivity contribution < 1.29 is 9.53 Å². The van der Waals surface area contributed by atoms with Crippen molar-refractivity contribution in [3.63, 3.8) is 0 Å². The summed E-state index contributed by atoms with van der Waals surface area (Å²) < 4.78 is 5.14. The Morgan fingerprint density at radius 2 is 1.96 bits per heavy atom. The maximum absolute atomic E-state index is 12.2. The monoisotopic (exact) mass is 347 g/mol. The van der Waals surface area contributed by atoms with Crippen LogP contribution < -0.4 is 16.4 Å². The average Bonchev–Trinajstić information content (AvgIpc) is 2.60. The van der Waals surface area contributed by atoms with Gasteiger partial charge >= 0.3 is 0 Å². The number of halogens is 1. The summed E-state index contributed by atoms with van der Waals surface area (Å²) in [5, 5.41) is 6.73. The summed E-state index contributed by atoms with van der Waals surface area (Å²) in [6.45, 7) is 0.938. The summed E-state index contributed by atoms with van der Waals surface area (Å²) in [6, 6.07) is 15.4. The van der Waals surface area contributed by atoms with Crippen molar-refractivity contribution in [3.8, 4) is 0 Å². The minimum atomic E-state index is -0.301. The number of amides is 1. The Hall–Kier alpha value is -2.08. The first-order valence-corrected chi connectivity index (χ1v) is 8.10. The smallest absolute Gasteiger partial charge is 0.227 e. The van der Waals surface area contributed by atoms with E-state index in [-0.39, 0.29) is 18.4 Å². The van der Waals surface area contributed by atoms with E-state index in [4.69, 9.17) is 22.1 Å². The van der Waals surface area contributed by atoms with Crippen LogP contribution in [0.2, 0.25) is 5.02 Å². The van der Waals surface area contributed by atoms with Crippen LogP contribution in [0.4, 0.5) is 11.4 Å². The molecule has 1 unspecified atom stereocenters. The Morgan fingerprint density at radius 1 is 1.21 bits per heavy atom. The molecular formula is C18H22ClN3O2. The van der Waals surface area contributed by atoms with E-state index in [1.165, 1.54) is 7.11 Å². The maximum atomic E-state index is 12.2. The molecule has 6 heteroatoms. The summed E-state index contributed by atoms with van der Waals surface area (Å²) in [5.74, 6) is -0.169. The molecule has 2 aromatic rings. The highest BCUT2D eigenvalue weighted by molar-refractivity contribution is 6.31. The highest BCUT2D eigenvalue weighted by Gasteiger charge is 2.13. The SMILES string of the molecule is COC(CN)CC(=O)Nc1cc(Cl)ccc1NCc1ccccc1. The molecule has 2 rings (SSSR count). The molecule has 0 aromatic heterocycles. The Balaban J connectivity index is 2.05. The van der Waals surface area contributed by atoms with Crippen LogP contribution in [-0.2, 0) is 16.1 Å². The number of carbonyl (C=O) groups is 1. The Labute approximate surface area is 147 Å². The van der Waals surface area contributed by atoms with Crippen molar-refractivity contribution in [2.45, 2.75) is 19.1 Å². The lowest BCUT2D eigenvalue weighted by Crippen LogP contribution is -2.28. The van der Waals surface area contributed by atoms with E-state index in [0.29, 0.717) is 23.8 Å². The lowest BCUT2D eigenvalue weighted by atomic mass is 10.2. The standard InChI is InChI=1S/C18H22ClN3O2/c1-24-15(11-20)10-18(23)22-17-9-14(19)7-8-16(17)21-12-13-5-3-2-4-6-13/h2-9,15,21H,10-12,20H2,1H3,(H,22,23). The highest BCUT2D eigenvalue weighted by Crippen LogP contribution is 2.26. The van der Waals surface area contributed by atoms with Crippen LogP contribution in [0.1, 0.15) is 12.0 Å². The molecule has 0 radical (unpaired) electrons. The largest absolute Gasteiger partial charge is 0.380 e. The van der Waals surface area contributed by atoms with Crippen molar-refractivity contribution in [2.75, 3.05) is 24.3 Å². The molecule has 0 spiro atoms. The fourth-order valence-corrected chi connectivity index (χ4v) is 2.41. The molecule has 5 nitrogen and oxygen atoms in total. The Morgan fingerprint density at radius 3 is 2.62 bits per heavy atom. The van der Waals surface area contributed by atoms with Crippen molar-refractivity contribution in [1.82, 2.24) is 0 Å². The van der Waals surface area contributed by atoms with Gasteiger partial charge in [0.15, 0.2) is 0 Å². The number of rotatable bonds is 8. The van der Waals surface area contributed by atoms with E-state index in [9.17, 15) is 4.79 Å². The molecule has 0 aliphatic carbocycles. The van der Waals surface area contributed by atoms with E-state index in [0.717, 1.165) is 11.3 Å². The number of benzene rings is 2. The average molecular weight is 348 g/mol. The van der Waals surface area contributed by atoms with Gasteiger partial charge in [0, 0.05) is 25.2 Å². The lowest BCUT2D eigenvalue weighted by Gasteiger charge is -2.16. The molecular weight excluding hydrogens is 326 g/mol. The molecule has 128 valence electrons. The molecule has 0 saturated carbocycles. The Kier molecular flexibility index (Phi) is 7.06. The second-order valence-corrected chi connectivity index (χ2v) is 5.81. The molecule has 0 fully saturated rings. The zero-order valence-electron chi connectivity index (χ0n) is 13.6. The van der Waals surface area contributed by atoms with Crippen LogP contribution in [-0.4, -0.2) is 25.7 Å². The number of hydrogen-bond donors (Lipinski definition) is 3. The molecule has 2 aromatic carbocycles. The number of nitrogens with two attached hydrogens (primary N) is 1. The summed E-state index contributed by atoms with van der Waals surface area (Å²) in [4.78, 5) is 12.2. The fraction of sp³-hybridized carbons (Fsp3) is 0.278. The minimum Gasteiger partial charge on any atom is -0.380 e. The number of ether oxygens (including phenoxy) is 1. The van der Waals surface area contributed by atoms with Crippen LogP contribution in [0.15, 0.2) is 48.5 Å². The number of hydrogen-bond acceptors (Lipinski definition) is 4. The molecule has 1 amide bonds. The number of methoxy groups -OCH3 is 1. The zero-order valence-corrected chi connectivity index (χ0v) is 14.3. The van der Waals surface area contributed by atoms with Gasteiger partial charge in [-0.25, -0.2) is 0 Å². The molecule has 0 heterocycles. The van der Waals surface area contributed by atoms with E-state index in [2.05, 4.69) is 10.6 Å². The van der Waals surface area contributed by atoms with Gasteiger partial charge in [0.1, 0.15) is 0 Å². The van der Waals surface area contributed by atoms with Gasteiger partial charge in [-0.15, -0.1) is 0 Å². The van der Waals surface area contributed by atoms with Crippen molar-refractivity contribution in [1.29, 1.82) is 0 Å². The lowest BCUT2D eigenvalue weighted by molar-refractivity contribution is -0.118. The Bertz CT molecular complexity index is 661. The zero-order chi connectivity index (χ0) is 17.4. The van der Waals surface area contributed by atoms with Gasteiger partial charge in [-0.2, -0.15) is 0 Å². The van der Waals surface area contributed by atoms with Gasteiger partial charge in [-0.05, 0) is 23.8 Å². The fourth-order valence-electron chi connectivity index (χ4n) is 2.24. The summed E-state index contributed by atoms with van der Waals surface area (Å²) in [6.07, 6.45) is -0.109. The third-order valence-electron chi connectivity index (χ3n) is 3.59. The van der Waals surface area contributed by atoms with E-state index in [1.807, 2.05) is 36.4 Å². The minimum absolute atomic E-state index is 0.169. The van der Waals surface area contributed by atoms with Gasteiger partial charge < -0.3 is 21.1 Å². The van der Waals surface area contributed by atoms with Crippen LogP contribution in [0.3, 0.4) is 0 Å². The molecule has 24 heavy (non-hydrogen) atoms. The van der Waals surface area contributed by atoms with Gasteiger partial charge in [-0.3, -0.25) is 4.79 Å². The van der Waals surface area contributed by atoms with E-state index < -0.39 is 0 Å². The highest BCUT2D eigenvalue weighted by atomic mass is 35.5. The predicted molar refractivity (Wildman–Crippen MR) is 98.3 cm³/mol. The molecule has 4 N–H and O–H groups in total. The first-order valence-electron chi connectivity index (χ1n) is 7.72. The second kappa shape index (κ2) is 9.27. The third kappa shape index (κ3) is 5.53. The van der Waals surface area contributed by atoms with Crippen molar-refractivity contribution in [2.24, 2.45) is 5.73 Å². The molecule has 1 atom stereocenters. The van der Waals surface area contributed by atoms with Gasteiger partial charge in [0.05, 0.1) is 23.9 Å². The van der Waals surface area contributed by atoms with Crippen molar-refractivity contribution >= 4 is 28.9 Å². The third-order valence-corrected chi connectivity index (χ3v) is 3.83.